The molecule has 0 aliphatic heterocycles. The first kappa shape index (κ1) is 15.9. The zero-order valence-corrected chi connectivity index (χ0v) is 10.6. The topological polar surface area (TPSA) is 58.2 Å². The van der Waals surface area contributed by atoms with Crippen LogP contribution in [0.2, 0.25) is 0 Å². The Kier molecular flexibility index (Phi) is 4.69. The van der Waals surface area contributed by atoms with Crippen LogP contribution in [0.4, 0.5) is 23.2 Å². The van der Waals surface area contributed by atoms with Gasteiger partial charge in [0.25, 0.3) is 5.91 Å². The highest BCUT2D eigenvalue weighted by atomic mass is 19.3. The van der Waals surface area contributed by atoms with Crippen molar-refractivity contribution in [1.82, 2.24) is 5.32 Å². The van der Waals surface area contributed by atoms with Crippen molar-refractivity contribution in [2.24, 2.45) is 0 Å². The molecule has 0 aliphatic carbocycles. The molecule has 4 nitrogen and oxygen atoms in total. The van der Waals surface area contributed by atoms with E-state index in [2.05, 4.69) is 5.32 Å². The van der Waals surface area contributed by atoms with E-state index in [0.717, 1.165) is 6.07 Å². The molecule has 110 valence electrons. The summed E-state index contributed by atoms with van der Waals surface area (Å²) in [7, 11) is 1.37. The zero-order chi connectivity index (χ0) is 15.5. The average Bonchev–Trinajstić information content (AvgIpc) is 2.39. The lowest BCUT2D eigenvalue weighted by molar-refractivity contribution is -0.163. The van der Waals surface area contributed by atoms with E-state index in [1.54, 1.807) is 5.32 Å². The third-order valence-electron chi connectivity index (χ3n) is 2.55. The molecule has 0 saturated heterocycles. The van der Waals surface area contributed by atoms with E-state index >= 15 is 0 Å². The molecule has 0 atom stereocenters. The van der Waals surface area contributed by atoms with Crippen LogP contribution in [-0.4, -0.2) is 31.2 Å². The van der Waals surface area contributed by atoms with E-state index in [4.69, 9.17) is 0 Å². The van der Waals surface area contributed by atoms with E-state index < -0.39 is 24.2 Å². The van der Waals surface area contributed by atoms with Crippen LogP contribution < -0.4 is 10.6 Å². The van der Waals surface area contributed by atoms with Gasteiger partial charge in [0, 0.05) is 18.3 Å². The number of rotatable bonds is 4. The minimum atomic E-state index is -4.80. The predicted molar refractivity (Wildman–Crippen MR) is 64.1 cm³/mol. The molecule has 0 aromatic heterocycles. The van der Waals surface area contributed by atoms with Gasteiger partial charge in [-0.1, -0.05) is 6.07 Å². The van der Waals surface area contributed by atoms with Gasteiger partial charge >= 0.3 is 18.3 Å². The second-order valence-corrected chi connectivity index (χ2v) is 3.99. The Hall–Kier alpha value is -2.12. The van der Waals surface area contributed by atoms with E-state index in [1.165, 1.54) is 26.1 Å². The zero-order valence-electron chi connectivity index (χ0n) is 10.6. The molecule has 1 aromatic rings. The summed E-state index contributed by atoms with van der Waals surface area (Å²) in [5, 5.41) is 4.01. The van der Waals surface area contributed by atoms with Gasteiger partial charge in [0.2, 0.25) is 0 Å². The molecule has 0 bridgehead atoms. The second-order valence-electron chi connectivity index (χ2n) is 3.99. The van der Waals surface area contributed by atoms with Crippen LogP contribution in [0.5, 0.6) is 0 Å². The normalized spacial score (nSPS) is 11.3. The Balaban J connectivity index is 3.03. The first-order valence-corrected chi connectivity index (χ1v) is 5.50. The van der Waals surface area contributed by atoms with Gasteiger partial charge in [-0.05, 0) is 24.6 Å². The quantitative estimate of drug-likeness (QED) is 0.836. The van der Waals surface area contributed by atoms with Gasteiger partial charge in [0.15, 0.2) is 0 Å². The number of benzene rings is 1. The summed E-state index contributed by atoms with van der Waals surface area (Å²) in [6, 6.07) is 3.95. The molecule has 1 aromatic carbocycles. The summed E-state index contributed by atoms with van der Waals surface area (Å²) in [6.45, 7) is 1.48. The molecule has 8 heteroatoms. The summed E-state index contributed by atoms with van der Waals surface area (Å²) >= 11 is 0. The molecule has 20 heavy (non-hydrogen) atoms. The highest BCUT2D eigenvalue weighted by molar-refractivity contribution is 5.99. The Labute approximate surface area is 112 Å². The van der Waals surface area contributed by atoms with Gasteiger partial charge in [0.05, 0.1) is 0 Å². The van der Waals surface area contributed by atoms with Crippen LogP contribution in [-0.2, 0) is 4.79 Å². The largest absolute Gasteiger partial charge is 0.383 e. The van der Waals surface area contributed by atoms with Crippen LogP contribution in [0.3, 0.4) is 0 Å². The number of hydrogen-bond donors (Lipinski definition) is 2. The lowest BCUT2D eigenvalue weighted by Gasteiger charge is -2.16. The van der Waals surface area contributed by atoms with Crippen molar-refractivity contribution >= 4 is 17.5 Å². The molecule has 0 fully saturated rings. The molecule has 2 amide bonds. The minimum absolute atomic E-state index is 0.105. The first-order chi connectivity index (χ1) is 9.20. The monoisotopic (exact) mass is 292 g/mol. The summed E-state index contributed by atoms with van der Waals surface area (Å²) in [5.41, 5.74) is 0.334. The molecule has 0 radical (unpaired) electrons. The van der Waals surface area contributed by atoms with Crippen molar-refractivity contribution in [2.45, 2.75) is 19.3 Å². The van der Waals surface area contributed by atoms with Crippen LogP contribution in [0.1, 0.15) is 15.9 Å². The fourth-order valence-corrected chi connectivity index (χ4v) is 1.35. The molecule has 1 rings (SSSR count). The van der Waals surface area contributed by atoms with Crippen molar-refractivity contribution in [3.8, 4) is 0 Å². The van der Waals surface area contributed by atoms with E-state index in [1.807, 2.05) is 0 Å². The lowest BCUT2D eigenvalue weighted by atomic mass is 10.1. The maximum Gasteiger partial charge on any atom is 0.383 e. The molecule has 0 unspecified atom stereocenters. The Morgan fingerprint density at radius 3 is 2.35 bits per heavy atom. The molecule has 0 heterocycles. The van der Waals surface area contributed by atoms with Gasteiger partial charge in [-0.15, -0.1) is 0 Å². The Bertz CT molecular complexity index is 532. The summed E-state index contributed by atoms with van der Waals surface area (Å²) in [4.78, 5) is 22.5. The number of carbonyl (C=O) groups is 2. The number of halogens is 4. The highest BCUT2D eigenvalue weighted by Gasteiger charge is 2.49. The molecular weight excluding hydrogens is 280 g/mol. The molecule has 0 saturated carbocycles. The average molecular weight is 292 g/mol. The number of aryl methyl sites for hydroxylation is 1. The van der Waals surface area contributed by atoms with Gasteiger partial charge < -0.3 is 10.6 Å². The fourth-order valence-electron chi connectivity index (χ4n) is 1.35. The number of carbonyl (C=O) groups excluding carboxylic acids is 2. The fraction of sp³-hybridized carbons (Fsp3) is 0.333. The number of alkyl halides is 4. The van der Waals surface area contributed by atoms with Crippen LogP contribution in [0, 0.1) is 6.92 Å². The van der Waals surface area contributed by atoms with Crippen molar-refractivity contribution in [1.29, 1.82) is 0 Å². The van der Waals surface area contributed by atoms with Gasteiger partial charge in [0.1, 0.15) is 0 Å². The maximum atomic E-state index is 12.8. The maximum absolute atomic E-state index is 12.8. The van der Waals surface area contributed by atoms with E-state index in [0.29, 0.717) is 5.56 Å². The van der Waals surface area contributed by atoms with Gasteiger partial charge in [-0.25, -0.2) is 8.78 Å². The van der Waals surface area contributed by atoms with E-state index in [9.17, 15) is 27.2 Å². The van der Waals surface area contributed by atoms with Crippen LogP contribution in [0.15, 0.2) is 18.2 Å². The van der Waals surface area contributed by atoms with Crippen LogP contribution >= 0.6 is 0 Å². The smallest absolute Gasteiger partial charge is 0.355 e. The van der Waals surface area contributed by atoms with Crippen molar-refractivity contribution in [3.63, 3.8) is 0 Å². The minimum Gasteiger partial charge on any atom is -0.355 e. The highest BCUT2D eigenvalue weighted by Crippen LogP contribution is 2.26. The first-order valence-electron chi connectivity index (χ1n) is 5.50. The van der Waals surface area contributed by atoms with Gasteiger partial charge in [-0.2, -0.15) is 8.78 Å². The number of anilines is 1. The second kappa shape index (κ2) is 5.89. The number of nitrogens with one attached hydrogen (secondary N) is 2. The van der Waals surface area contributed by atoms with Crippen molar-refractivity contribution in [2.75, 3.05) is 12.4 Å². The number of hydrogen-bond acceptors (Lipinski definition) is 2. The van der Waals surface area contributed by atoms with Gasteiger partial charge in [-0.3, -0.25) is 9.59 Å². The predicted octanol–water partition coefficient (Wildman–Crippen LogP) is 2.19. The summed E-state index contributed by atoms with van der Waals surface area (Å²) in [5.74, 6) is -7.42. The van der Waals surface area contributed by atoms with Crippen LogP contribution in [0.25, 0.3) is 0 Å². The SMILES string of the molecule is CNC(=O)c1ccc(C)c(NC(=O)C(F)(F)C(F)F)c1. The Morgan fingerprint density at radius 2 is 1.85 bits per heavy atom. The third kappa shape index (κ3) is 3.25. The molecule has 2 N–H and O–H groups in total. The summed E-state index contributed by atoms with van der Waals surface area (Å²) in [6.07, 6.45) is -4.11. The molecule has 0 spiro atoms. The van der Waals surface area contributed by atoms with Crippen molar-refractivity contribution in [3.05, 3.63) is 29.3 Å². The number of amides is 2. The Morgan fingerprint density at radius 1 is 1.25 bits per heavy atom. The van der Waals surface area contributed by atoms with E-state index in [-0.39, 0.29) is 11.3 Å². The molecular formula is C12H12F4N2O2. The third-order valence-corrected chi connectivity index (χ3v) is 2.55. The van der Waals surface area contributed by atoms with Crippen molar-refractivity contribution < 1.29 is 27.2 Å². The lowest BCUT2D eigenvalue weighted by Crippen LogP contribution is -2.41. The summed E-state index contributed by atoms with van der Waals surface area (Å²) < 4.78 is 49.8. The molecule has 0 aliphatic rings. The standard InChI is InChI=1S/C12H12F4N2O2/c1-6-3-4-7(9(19)17-2)5-8(6)18-11(20)12(15,16)10(13)14/h3-5,10H,1-2H3,(H,17,19)(H,18,20).